The maximum atomic E-state index is 4.22. The van der Waals surface area contributed by atoms with Crippen molar-refractivity contribution >= 4 is 27.1 Å². The predicted octanol–water partition coefficient (Wildman–Crippen LogP) is 2.10. The molecule has 0 amide bonds. The normalized spacial score (nSPS) is 10.5. The minimum absolute atomic E-state index is 0.693. The molecule has 0 aliphatic heterocycles. The summed E-state index contributed by atoms with van der Waals surface area (Å²) < 4.78 is 0.924. The van der Waals surface area contributed by atoms with Gasteiger partial charge in [0.2, 0.25) is 0 Å². The van der Waals surface area contributed by atoms with Crippen LogP contribution in [0.5, 0.6) is 0 Å². The SMILES string of the molecule is Cc1cnc2cc(Br)cnc2n1. The van der Waals surface area contributed by atoms with E-state index in [1.54, 1.807) is 12.4 Å². The zero-order chi connectivity index (χ0) is 8.55. The average molecular weight is 224 g/mol. The highest BCUT2D eigenvalue weighted by molar-refractivity contribution is 9.10. The summed E-state index contributed by atoms with van der Waals surface area (Å²) in [5.74, 6) is 0. The maximum absolute atomic E-state index is 4.22. The highest BCUT2D eigenvalue weighted by Gasteiger charge is 1.97. The number of aromatic nitrogens is 3. The van der Waals surface area contributed by atoms with Gasteiger partial charge in [-0.05, 0) is 28.9 Å². The van der Waals surface area contributed by atoms with E-state index in [2.05, 4.69) is 30.9 Å². The minimum atomic E-state index is 0.693. The Morgan fingerprint density at radius 1 is 1.25 bits per heavy atom. The quantitative estimate of drug-likeness (QED) is 0.687. The lowest BCUT2D eigenvalue weighted by Crippen LogP contribution is -1.89. The monoisotopic (exact) mass is 223 g/mol. The van der Waals surface area contributed by atoms with Crippen molar-refractivity contribution in [1.82, 2.24) is 15.0 Å². The standard InChI is InChI=1S/C8H6BrN3/c1-5-3-10-7-2-6(9)4-11-8(7)12-5/h2-4H,1H3. The molecule has 0 saturated heterocycles. The molecule has 0 saturated carbocycles. The van der Waals surface area contributed by atoms with Crippen LogP contribution in [0.15, 0.2) is 22.9 Å². The zero-order valence-electron chi connectivity index (χ0n) is 6.45. The topological polar surface area (TPSA) is 38.7 Å². The third-order valence-electron chi connectivity index (χ3n) is 1.49. The van der Waals surface area contributed by atoms with Crippen LogP contribution in [0.2, 0.25) is 0 Å². The summed E-state index contributed by atoms with van der Waals surface area (Å²) in [5, 5.41) is 0. The number of fused-ring (bicyclic) bond motifs is 1. The fraction of sp³-hybridized carbons (Fsp3) is 0.125. The van der Waals surface area contributed by atoms with Crippen molar-refractivity contribution in [3.8, 4) is 0 Å². The van der Waals surface area contributed by atoms with Crippen LogP contribution in [0, 0.1) is 6.92 Å². The van der Waals surface area contributed by atoms with E-state index in [0.717, 1.165) is 15.7 Å². The molecule has 0 atom stereocenters. The first-order chi connectivity index (χ1) is 5.75. The number of rotatable bonds is 0. The molecule has 0 radical (unpaired) electrons. The minimum Gasteiger partial charge on any atom is -0.251 e. The van der Waals surface area contributed by atoms with Crippen molar-refractivity contribution in [2.75, 3.05) is 0 Å². The molecule has 3 nitrogen and oxygen atoms in total. The van der Waals surface area contributed by atoms with Gasteiger partial charge in [-0.15, -0.1) is 0 Å². The summed E-state index contributed by atoms with van der Waals surface area (Å²) in [6.07, 6.45) is 3.45. The van der Waals surface area contributed by atoms with E-state index in [-0.39, 0.29) is 0 Å². The molecule has 2 heterocycles. The molecule has 2 aromatic rings. The Hall–Kier alpha value is -1.03. The maximum Gasteiger partial charge on any atom is 0.178 e. The molecule has 60 valence electrons. The highest BCUT2D eigenvalue weighted by atomic mass is 79.9. The van der Waals surface area contributed by atoms with Crippen LogP contribution in [0.4, 0.5) is 0 Å². The number of hydrogen-bond donors (Lipinski definition) is 0. The zero-order valence-corrected chi connectivity index (χ0v) is 8.04. The van der Waals surface area contributed by atoms with Crippen molar-refractivity contribution in [2.45, 2.75) is 6.92 Å². The Morgan fingerprint density at radius 2 is 2.08 bits per heavy atom. The third-order valence-corrected chi connectivity index (χ3v) is 1.92. The smallest absolute Gasteiger partial charge is 0.178 e. The molecular formula is C8H6BrN3. The Bertz CT molecular complexity index is 386. The van der Waals surface area contributed by atoms with Crippen LogP contribution < -0.4 is 0 Å². The van der Waals surface area contributed by atoms with Gasteiger partial charge in [-0.25, -0.2) is 9.97 Å². The van der Waals surface area contributed by atoms with Crippen LogP contribution >= 0.6 is 15.9 Å². The predicted molar refractivity (Wildman–Crippen MR) is 49.8 cm³/mol. The van der Waals surface area contributed by atoms with Gasteiger partial charge in [0.25, 0.3) is 0 Å². The molecule has 2 aromatic heterocycles. The van der Waals surface area contributed by atoms with Gasteiger partial charge >= 0.3 is 0 Å². The first-order valence-corrected chi connectivity index (χ1v) is 4.30. The van der Waals surface area contributed by atoms with Gasteiger partial charge in [0.05, 0.1) is 5.69 Å². The molecule has 0 aliphatic rings. The van der Waals surface area contributed by atoms with Crippen LogP contribution in [-0.4, -0.2) is 15.0 Å². The molecule has 0 aliphatic carbocycles. The van der Waals surface area contributed by atoms with Gasteiger partial charge < -0.3 is 0 Å². The molecule has 12 heavy (non-hydrogen) atoms. The lowest BCUT2D eigenvalue weighted by Gasteiger charge is -1.96. The summed E-state index contributed by atoms with van der Waals surface area (Å²) in [4.78, 5) is 12.5. The van der Waals surface area contributed by atoms with Crippen LogP contribution in [0.1, 0.15) is 5.69 Å². The molecule has 0 unspecified atom stereocenters. The molecule has 0 N–H and O–H groups in total. The fourth-order valence-corrected chi connectivity index (χ4v) is 1.28. The molecule has 0 bridgehead atoms. The highest BCUT2D eigenvalue weighted by Crippen LogP contribution is 2.13. The van der Waals surface area contributed by atoms with E-state index < -0.39 is 0 Å². The molecular weight excluding hydrogens is 218 g/mol. The third kappa shape index (κ3) is 1.30. The summed E-state index contributed by atoms with van der Waals surface area (Å²) in [6.45, 7) is 1.90. The van der Waals surface area contributed by atoms with Gasteiger partial charge in [0.15, 0.2) is 5.65 Å². The average Bonchev–Trinajstić information content (AvgIpc) is 2.05. The van der Waals surface area contributed by atoms with E-state index >= 15 is 0 Å². The fourth-order valence-electron chi connectivity index (χ4n) is 0.961. The second-order valence-electron chi connectivity index (χ2n) is 2.51. The number of hydrogen-bond acceptors (Lipinski definition) is 3. The van der Waals surface area contributed by atoms with Gasteiger partial charge in [0.1, 0.15) is 5.52 Å². The van der Waals surface area contributed by atoms with E-state index in [4.69, 9.17) is 0 Å². The number of pyridine rings is 1. The summed E-state index contributed by atoms with van der Waals surface area (Å²) in [7, 11) is 0. The van der Waals surface area contributed by atoms with E-state index in [1.165, 1.54) is 0 Å². The number of halogens is 1. The largest absolute Gasteiger partial charge is 0.251 e. The first-order valence-electron chi connectivity index (χ1n) is 3.50. The van der Waals surface area contributed by atoms with Crippen LogP contribution in [0.3, 0.4) is 0 Å². The molecule has 0 aromatic carbocycles. The van der Waals surface area contributed by atoms with Crippen molar-refractivity contribution in [1.29, 1.82) is 0 Å². The van der Waals surface area contributed by atoms with E-state index in [9.17, 15) is 0 Å². The Balaban J connectivity index is 2.79. The summed E-state index contributed by atoms with van der Waals surface area (Å²) in [5.41, 5.74) is 2.39. The van der Waals surface area contributed by atoms with E-state index in [0.29, 0.717) is 5.65 Å². The summed E-state index contributed by atoms with van der Waals surface area (Å²) in [6, 6.07) is 1.90. The van der Waals surface area contributed by atoms with Crippen molar-refractivity contribution < 1.29 is 0 Å². The summed E-state index contributed by atoms with van der Waals surface area (Å²) >= 11 is 3.32. The van der Waals surface area contributed by atoms with E-state index in [1.807, 2.05) is 13.0 Å². The van der Waals surface area contributed by atoms with Crippen LogP contribution in [0.25, 0.3) is 11.2 Å². The van der Waals surface area contributed by atoms with Gasteiger partial charge in [-0.3, -0.25) is 4.98 Å². The Morgan fingerprint density at radius 3 is 2.92 bits per heavy atom. The van der Waals surface area contributed by atoms with Crippen LogP contribution in [-0.2, 0) is 0 Å². The lowest BCUT2D eigenvalue weighted by molar-refractivity contribution is 1.14. The first kappa shape index (κ1) is 7.61. The Kier molecular flexibility index (Phi) is 1.77. The van der Waals surface area contributed by atoms with Gasteiger partial charge in [-0.2, -0.15) is 0 Å². The van der Waals surface area contributed by atoms with Crippen molar-refractivity contribution in [2.24, 2.45) is 0 Å². The lowest BCUT2D eigenvalue weighted by atomic mass is 10.4. The number of nitrogens with zero attached hydrogens (tertiary/aromatic N) is 3. The van der Waals surface area contributed by atoms with Gasteiger partial charge in [-0.1, -0.05) is 0 Å². The molecule has 2 rings (SSSR count). The van der Waals surface area contributed by atoms with Gasteiger partial charge in [0, 0.05) is 16.9 Å². The molecule has 0 fully saturated rings. The number of aryl methyl sites for hydroxylation is 1. The molecule has 4 heteroatoms. The second kappa shape index (κ2) is 2.79. The van der Waals surface area contributed by atoms with Crippen molar-refractivity contribution in [3.63, 3.8) is 0 Å². The van der Waals surface area contributed by atoms with Crippen molar-refractivity contribution in [3.05, 3.63) is 28.6 Å². The Labute approximate surface area is 78.0 Å². The second-order valence-corrected chi connectivity index (χ2v) is 3.42. The molecule has 0 spiro atoms.